The lowest BCUT2D eigenvalue weighted by atomic mass is 10.2. The second kappa shape index (κ2) is 8.74. The fourth-order valence-corrected chi connectivity index (χ4v) is 1.54. The molecule has 0 bridgehead atoms. The minimum atomic E-state index is -1.07. The first kappa shape index (κ1) is 15.8. The molecule has 1 rings (SSSR count). The topological polar surface area (TPSA) is 65.0 Å². The van der Waals surface area contributed by atoms with E-state index in [1.807, 2.05) is 6.92 Å². The van der Waals surface area contributed by atoms with Crippen LogP contribution in [0.4, 0.5) is 0 Å². The van der Waals surface area contributed by atoms with E-state index in [1.54, 1.807) is 6.07 Å². The van der Waals surface area contributed by atoms with Gasteiger partial charge in [0, 0.05) is 11.6 Å². The van der Waals surface area contributed by atoms with Crippen molar-refractivity contribution in [3.63, 3.8) is 0 Å². The molecule has 6 heteroatoms. The molecule has 0 unspecified atom stereocenters. The van der Waals surface area contributed by atoms with Gasteiger partial charge in [0.25, 0.3) is 0 Å². The van der Waals surface area contributed by atoms with Gasteiger partial charge in [0.05, 0.1) is 19.8 Å². The molecule has 1 aromatic carbocycles. The van der Waals surface area contributed by atoms with Crippen LogP contribution in [0.1, 0.15) is 17.3 Å². The van der Waals surface area contributed by atoms with Crippen molar-refractivity contribution in [1.29, 1.82) is 0 Å². The van der Waals surface area contributed by atoms with Crippen molar-refractivity contribution in [3.8, 4) is 5.75 Å². The standard InChI is InChI=1S/C13H17ClO5/c1-2-17-5-6-18-7-8-19-12-4-3-10(14)9-11(12)13(15)16/h3-4,9H,2,5-8H2,1H3,(H,15,16). The van der Waals surface area contributed by atoms with Gasteiger partial charge in [0.1, 0.15) is 17.9 Å². The van der Waals surface area contributed by atoms with E-state index < -0.39 is 5.97 Å². The van der Waals surface area contributed by atoms with Gasteiger partial charge in [0.15, 0.2) is 0 Å². The van der Waals surface area contributed by atoms with E-state index in [0.717, 1.165) is 0 Å². The Balaban J connectivity index is 2.35. The van der Waals surface area contributed by atoms with Crippen molar-refractivity contribution in [3.05, 3.63) is 28.8 Å². The number of hydrogen-bond donors (Lipinski definition) is 1. The number of benzene rings is 1. The van der Waals surface area contributed by atoms with E-state index in [4.69, 9.17) is 30.9 Å². The highest BCUT2D eigenvalue weighted by molar-refractivity contribution is 6.31. The molecule has 0 aromatic heterocycles. The number of carboxylic acid groups (broad SMARTS) is 1. The summed E-state index contributed by atoms with van der Waals surface area (Å²) < 4.78 is 15.7. The first-order valence-corrected chi connectivity index (χ1v) is 6.34. The average molecular weight is 289 g/mol. The lowest BCUT2D eigenvalue weighted by Gasteiger charge is -2.10. The number of rotatable bonds is 9. The van der Waals surface area contributed by atoms with Crippen LogP contribution in [-0.2, 0) is 9.47 Å². The molecule has 0 aliphatic heterocycles. The van der Waals surface area contributed by atoms with Gasteiger partial charge in [0.2, 0.25) is 0 Å². The van der Waals surface area contributed by atoms with Crippen molar-refractivity contribution in [1.82, 2.24) is 0 Å². The van der Waals surface area contributed by atoms with Gasteiger partial charge in [-0.3, -0.25) is 0 Å². The number of carbonyl (C=O) groups is 1. The van der Waals surface area contributed by atoms with Crippen LogP contribution in [-0.4, -0.2) is 44.1 Å². The zero-order chi connectivity index (χ0) is 14.1. The summed E-state index contributed by atoms with van der Waals surface area (Å²) in [5.41, 5.74) is 0.0433. The smallest absolute Gasteiger partial charge is 0.339 e. The van der Waals surface area contributed by atoms with Crippen LogP contribution in [0.3, 0.4) is 0 Å². The van der Waals surface area contributed by atoms with E-state index in [-0.39, 0.29) is 17.9 Å². The molecular formula is C13H17ClO5. The Morgan fingerprint density at radius 2 is 1.89 bits per heavy atom. The fourth-order valence-electron chi connectivity index (χ4n) is 1.37. The summed E-state index contributed by atoms with van der Waals surface area (Å²) in [6.45, 7) is 4.24. The van der Waals surface area contributed by atoms with Crippen LogP contribution in [0.5, 0.6) is 5.75 Å². The summed E-state index contributed by atoms with van der Waals surface area (Å²) in [5.74, 6) is -0.792. The summed E-state index contributed by atoms with van der Waals surface area (Å²) in [6, 6.07) is 4.47. The van der Waals surface area contributed by atoms with Crippen LogP contribution in [0.2, 0.25) is 5.02 Å². The predicted molar refractivity (Wildman–Crippen MR) is 71.2 cm³/mol. The van der Waals surface area contributed by atoms with Crippen LogP contribution >= 0.6 is 11.6 Å². The second-order valence-electron chi connectivity index (χ2n) is 3.60. The van der Waals surface area contributed by atoms with E-state index >= 15 is 0 Å². The van der Waals surface area contributed by atoms with Gasteiger partial charge in [-0.2, -0.15) is 0 Å². The maximum absolute atomic E-state index is 11.0. The van der Waals surface area contributed by atoms with E-state index in [9.17, 15) is 4.79 Å². The van der Waals surface area contributed by atoms with E-state index in [2.05, 4.69) is 0 Å². The van der Waals surface area contributed by atoms with E-state index in [1.165, 1.54) is 12.1 Å². The molecule has 0 radical (unpaired) electrons. The minimum absolute atomic E-state index is 0.0433. The molecule has 0 aliphatic rings. The van der Waals surface area contributed by atoms with Crippen LogP contribution in [0, 0.1) is 0 Å². The zero-order valence-electron chi connectivity index (χ0n) is 10.7. The van der Waals surface area contributed by atoms with Gasteiger partial charge < -0.3 is 19.3 Å². The number of aromatic carboxylic acids is 1. The second-order valence-corrected chi connectivity index (χ2v) is 4.04. The van der Waals surface area contributed by atoms with Crippen molar-refractivity contribution in [2.45, 2.75) is 6.92 Å². The third kappa shape index (κ3) is 5.92. The molecule has 0 amide bonds. The van der Waals surface area contributed by atoms with Gasteiger partial charge in [-0.1, -0.05) is 11.6 Å². The van der Waals surface area contributed by atoms with Gasteiger partial charge in [-0.25, -0.2) is 4.79 Å². The Kier molecular flexibility index (Phi) is 7.25. The molecular weight excluding hydrogens is 272 g/mol. The molecule has 0 saturated carbocycles. The first-order chi connectivity index (χ1) is 9.15. The Bertz CT molecular complexity index is 408. The number of halogens is 1. The normalized spacial score (nSPS) is 10.4. The van der Waals surface area contributed by atoms with Crippen LogP contribution < -0.4 is 4.74 Å². The molecule has 1 N–H and O–H groups in total. The summed E-state index contributed by atoms with van der Waals surface area (Å²) in [4.78, 5) is 11.0. The van der Waals surface area contributed by atoms with Gasteiger partial charge in [-0.15, -0.1) is 0 Å². The molecule has 0 heterocycles. The zero-order valence-corrected chi connectivity index (χ0v) is 11.5. The highest BCUT2D eigenvalue weighted by Crippen LogP contribution is 2.22. The summed E-state index contributed by atoms with van der Waals surface area (Å²) in [6.07, 6.45) is 0. The minimum Gasteiger partial charge on any atom is -0.490 e. The number of ether oxygens (including phenoxy) is 3. The maximum atomic E-state index is 11.0. The van der Waals surface area contributed by atoms with Crippen molar-refractivity contribution >= 4 is 17.6 Å². The summed E-state index contributed by atoms with van der Waals surface area (Å²) >= 11 is 5.74. The molecule has 1 aromatic rings. The van der Waals surface area contributed by atoms with Crippen molar-refractivity contribution < 1.29 is 24.1 Å². The third-order valence-corrected chi connectivity index (χ3v) is 2.47. The van der Waals surface area contributed by atoms with Crippen molar-refractivity contribution in [2.24, 2.45) is 0 Å². The Hall–Kier alpha value is -1.30. The van der Waals surface area contributed by atoms with E-state index in [0.29, 0.717) is 31.5 Å². The predicted octanol–water partition coefficient (Wildman–Crippen LogP) is 2.47. The molecule has 0 atom stereocenters. The molecule has 19 heavy (non-hydrogen) atoms. The lowest BCUT2D eigenvalue weighted by molar-refractivity contribution is 0.0401. The third-order valence-electron chi connectivity index (χ3n) is 2.23. The SMILES string of the molecule is CCOCCOCCOc1ccc(Cl)cc1C(=O)O. The average Bonchev–Trinajstić information content (AvgIpc) is 2.39. The number of hydrogen-bond acceptors (Lipinski definition) is 4. The quantitative estimate of drug-likeness (QED) is 0.707. The highest BCUT2D eigenvalue weighted by Gasteiger charge is 2.11. The van der Waals surface area contributed by atoms with Crippen LogP contribution in [0.15, 0.2) is 18.2 Å². The highest BCUT2D eigenvalue weighted by atomic mass is 35.5. The van der Waals surface area contributed by atoms with Crippen LogP contribution in [0.25, 0.3) is 0 Å². The van der Waals surface area contributed by atoms with Gasteiger partial charge in [-0.05, 0) is 25.1 Å². The Morgan fingerprint density at radius 1 is 1.21 bits per heavy atom. The van der Waals surface area contributed by atoms with Crippen molar-refractivity contribution in [2.75, 3.05) is 33.0 Å². The largest absolute Gasteiger partial charge is 0.490 e. The molecule has 106 valence electrons. The fraction of sp³-hybridized carbons (Fsp3) is 0.462. The molecule has 0 spiro atoms. The summed E-state index contributed by atoms with van der Waals surface area (Å²) in [5, 5.41) is 9.36. The maximum Gasteiger partial charge on any atom is 0.339 e. The molecule has 0 fully saturated rings. The lowest BCUT2D eigenvalue weighted by Crippen LogP contribution is -2.12. The first-order valence-electron chi connectivity index (χ1n) is 5.96. The van der Waals surface area contributed by atoms with Gasteiger partial charge >= 0.3 is 5.97 Å². The summed E-state index contributed by atoms with van der Waals surface area (Å²) in [7, 11) is 0. The molecule has 0 aliphatic carbocycles. The number of carboxylic acids is 1. The Labute approximate surface area is 117 Å². The Morgan fingerprint density at radius 3 is 2.58 bits per heavy atom. The monoisotopic (exact) mass is 288 g/mol. The molecule has 0 saturated heterocycles. The molecule has 5 nitrogen and oxygen atoms in total.